The molecular formula is C15H33IN4. The maximum atomic E-state index is 4.26. The number of nitrogens with one attached hydrogen (secondary N) is 2. The molecule has 1 fully saturated rings. The highest BCUT2D eigenvalue weighted by Gasteiger charge is 2.13. The van der Waals surface area contributed by atoms with Gasteiger partial charge in [0, 0.05) is 26.7 Å². The summed E-state index contributed by atoms with van der Waals surface area (Å²) in [6, 6.07) is 0. The molecule has 0 saturated heterocycles. The Bertz CT molecular complexity index is 252. The number of nitrogens with zero attached hydrogens (tertiary/aromatic N) is 2. The number of likely N-dealkylation sites (N-methyl/N-ethyl adjacent to an activating group) is 1. The van der Waals surface area contributed by atoms with Crippen LogP contribution in [0.5, 0.6) is 0 Å². The Hall–Kier alpha value is -0.0400. The van der Waals surface area contributed by atoms with Crippen LogP contribution in [0.4, 0.5) is 0 Å². The lowest BCUT2D eigenvalue weighted by Gasteiger charge is -2.16. The van der Waals surface area contributed by atoms with Crippen LogP contribution in [0.3, 0.4) is 0 Å². The summed E-state index contributed by atoms with van der Waals surface area (Å²) in [7, 11) is 3.98. The van der Waals surface area contributed by atoms with Gasteiger partial charge in [0.25, 0.3) is 0 Å². The largest absolute Gasteiger partial charge is 0.356 e. The highest BCUT2D eigenvalue weighted by molar-refractivity contribution is 14.0. The van der Waals surface area contributed by atoms with E-state index in [0.29, 0.717) is 0 Å². The summed E-state index contributed by atoms with van der Waals surface area (Å²) in [4.78, 5) is 6.55. The molecule has 1 aliphatic carbocycles. The fourth-order valence-corrected chi connectivity index (χ4v) is 2.64. The molecule has 1 aliphatic rings. The molecule has 0 unspecified atom stereocenters. The minimum Gasteiger partial charge on any atom is -0.356 e. The summed E-state index contributed by atoms with van der Waals surface area (Å²) in [6.07, 6.45) is 8.45. The van der Waals surface area contributed by atoms with Crippen LogP contribution in [0.2, 0.25) is 0 Å². The van der Waals surface area contributed by atoms with Crippen LogP contribution in [0.15, 0.2) is 4.99 Å². The van der Waals surface area contributed by atoms with Gasteiger partial charge in [-0.2, -0.15) is 0 Å². The van der Waals surface area contributed by atoms with Crippen LogP contribution in [0.1, 0.15) is 45.4 Å². The number of rotatable bonds is 8. The lowest BCUT2D eigenvalue weighted by molar-refractivity contribution is 0.357. The number of halogens is 1. The molecule has 5 heteroatoms. The summed E-state index contributed by atoms with van der Waals surface area (Å²) in [6.45, 7) is 6.32. The zero-order valence-electron chi connectivity index (χ0n) is 13.5. The van der Waals surface area contributed by atoms with Crippen LogP contribution < -0.4 is 10.6 Å². The van der Waals surface area contributed by atoms with Gasteiger partial charge in [-0.15, -0.1) is 24.0 Å². The third-order valence-electron chi connectivity index (χ3n) is 4.11. The molecule has 2 N–H and O–H groups in total. The predicted molar refractivity (Wildman–Crippen MR) is 99.1 cm³/mol. The molecule has 0 spiro atoms. The maximum Gasteiger partial charge on any atom is 0.191 e. The van der Waals surface area contributed by atoms with Crippen molar-refractivity contribution in [3.63, 3.8) is 0 Å². The average molecular weight is 396 g/mol. The fourth-order valence-electron chi connectivity index (χ4n) is 2.64. The van der Waals surface area contributed by atoms with Gasteiger partial charge in [0.2, 0.25) is 0 Å². The average Bonchev–Trinajstić information content (AvgIpc) is 2.94. The minimum atomic E-state index is 0. The van der Waals surface area contributed by atoms with Crippen molar-refractivity contribution < 1.29 is 0 Å². The van der Waals surface area contributed by atoms with Gasteiger partial charge in [-0.3, -0.25) is 4.99 Å². The van der Waals surface area contributed by atoms with E-state index < -0.39 is 0 Å². The topological polar surface area (TPSA) is 39.7 Å². The first-order valence-corrected chi connectivity index (χ1v) is 7.89. The van der Waals surface area contributed by atoms with E-state index in [4.69, 9.17) is 0 Å². The van der Waals surface area contributed by atoms with Crippen molar-refractivity contribution in [3.05, 3.63) is 0 Å². The van der Waals surface area contributed by atoms with Crippen molar-refractivity contribution in [3.8, 4) is 0 Å². The molecule has 1 rings (SSSR count). The van der Waals surface area contributed by atoms with Crippen LogP contribution in [0, 0.1) is 5.92 Å². The second-order valence-corrected chi connectivity index (χ2v) is 5.61. The molecule has 0 radical (unpaired) electrons. The highest BCUT2D eigenvalue weighted by Crippen LogP contribution is 2.28. The van der Waals surface area contributed by atoms with Crippen LogP contribution in [-0.4, -0.2) is 51.1 Å². The van der Waals surface area contributed by atoms with Crippen molar-refractivity contribution in [2.45, 2.75) is 45.4 Å². The number of guanidine groups is 1. The van der Waals surface area contributed by atoms with Crippen molar-refractivity contribution in [1.82, 2.24) is 15.5 Å². The fraction of sp³-hybridized carbons (Fsp3) is 0.933. The Morgan fingerprint density at radius 2 is 1.85 bits per heavy atom. The van der Waals surface area contributed by atoms with Crippen LogP contribution in [-0.2, 0) is 0 Å². The summed E-state index contributed by atoms with van der Waals surface area (Å²) in [5.41, 5.74) is 0. The molecule has 0 heterocycles. The smallest absolute Gasteiger partial charge is 0.191 e. The molecule has 0 atom stereocenters. The van der Waals surface area contributed by atoms with Gasteiger partial charge < -0.3 is 15.5 Å². The molecular weight excluding hydrogens is 363 g/mol. The molecule has 4 nitrogen and oxygen atoms in total. The predicted octanol–water partition coefficient (Wildman–Crippen LogP) is 2.69. The Morgan fingerprint density at radius 3 is 2.45 bits per heavy atom. The van der Waals surface area contributed by atoms with E-state index in [1.54, 1.807) is 0 Å². The molecule has 0 bridgehead atoms. The molecule has 20 heavy (non-hydrogen) atoms. The Labute approximate surface area is 142 Å². The zero-order valence-corrected chi connectivity index (χ0v) is 15.8. The normalized spacial score (nSPS) is 16.3. The molecule has 120 valence electrons. The molecule has 0 amide bonds. The van der Waals surface area contributed by atoms with E-state index in [1.165, 1.54) is 38.5 Å². The van der Waals surface area contributed by atoms with E-state index in [-0.39, 0.29) is 24.0 Å². The highest BCUT2D eigenvalue weighted by atomic mass is 127. The van der Waals surface area contributed by atoms with Crippen molar-refractivity contribution in [2.75, 3.05) is 40.3 Å². The first kappa shape index (κ1) is 20.0. The quantitative estimate of drug-likeness (QED) is 0.287. The SMILES string of the molecule is CCN(C)CCNC(=NC)NCCCC1CCCC1.I. The number of hydrogen-bond donors (Lipinski definition) is 2. The molecule has 0 aromatic heterocycles. The third-order valence-corrected chi connectivity index (χ3v) is 4.11. The molecule has 0 aromatic rings. The van der Waals surface area contributed by atoms with Crippen molar-refractivity contribution in [2.24, 2.45) is 10.9 Å². The molecule has 1 saturated carbocycles. The molecule has 0 aliphatic heterocycles. The van der Waals surface area contributed by atoms with E-state index >= 15 is 0 Å². The van der Waals surface area contributed by atoms with Gasteiger partial charge in [0.1, 0.15) is 0 Å². The first-order chi connectivity index (χ1) is 9.26. The van der Waals surface area contributed by atoms with Gasteiger partial charge in [-0.25, -0.2) is 0 Å². The van der Waals surface area contributed by atoms with E-state index in [0.717, 1.165) is 38.1 Å². The minimum absolute atomic E-state index is 0. The van der Waals surface area contributed by atoms with Gasteiger partial charge in [-0.05, 0) is 32.4 Å². The third kappa shape index (κ3) is 9.00. The second kappa shape index (κ2) is 12.7. The van der Waals surface area contributed by atoms with E-state index in [9.17, 15) is 0 Å². The summed E-state index contributed by atoms with van der Waals surface area (Å²) in [5, 5.41) is 6.77. The Morgan fingerprint density at radius 1 is 1.20 bits per heavy atom. The number of aliphatic imine (C=N–C) groups is 1. The van der Waals surface area contributed by atoms with Crippen molar-refractivity contribution >= 4 is 29.9 Å². The molecule has 0 aromatic carbocycles. The van der Waals surface area contributed by atoms with Gasteiger partial charge in [-0.1, -0.05) is 32.6 Å². The standard InChI is InChI=1S/C15H32N4.HI/c1-4-19(3)13-12-18-15(16-2)17-11-7-10-14-8-5-6-9-14;/h14H,4-13H2,1-3H3,(H2,16,17,18);1H. The van der Waals surface area contributed by atoms with Gasteiger partial charge >= 0.3 is 0 Å². The monoisotopic (exact) mass is 396 g/mol. The van der Waals surface area contributed by atoms with E-state index in [2.05, 4.69) is 34.5 Å². The Balaban J connectivity index is 0.00000361. The Kier molecular flexibility index (Phi) is 12.7. The van der Waals surface area contributed by atoms with E-state index in [1.807, 2.05) is 7.05 Å². The summed E-state index contributed by atoms with van der Waals surface area (Å²) in [5.74, 6) is 1.94. The van der Waals surface area contributed by atoms with Gasteiger partial charge in [0.15, 0.2) is 5.96 Å². The zero-order chi connectivity index (χ0) is 13.9. The van der Waals surface area contributed by atoms with Crippen LogP contribution >= 0.6 is 24.0 Å². The second-order valence-electron chi connectivity index (χ2n) is 5.61. The van der Waals surface area contributed by atoms with Crippen molar-refractivity contribution in [1.29, 1.82) is 0 Å². The summed E-state index contributed by atoms with van der Waals surface area (Å²) < 4.78 is 0. The summed E-state index contributed by atoms with van der Waals surface area (Å²) >= 11 is 0. The maximum absolute atomic E-state index is 4.26. The van der Waals surface area contributed by atoms with Gasteiger partial charge in [0.05, 0.1) is 0 Å². The van der Waals surface area contributed by atoms with Crippen LogP contribution in [0.25, 0.3) is 0 Å². The first-order valence-electron chi connectivity index (χ1n) is 7.89. The number of hydrogen-bond acceptors (Lipinski definition) is 2. The lowest BCUT2D eigenvalue weighted by atomic mass is 10.0. The lowest BCUT2D eigenvalue weighted by Crippen LogP contribution is -2.41.